The highest BCUT2D eigenvalue weighted by Gasteiger charge is 2.41. The zero-order chi connectivity index (χ0) is 67.2. The van der Waals surface area contributed by atoms with Gasteiger partial charge in [-0.05, 0) is 115 Å². The van der Waals surface area contributed by atoms with Gasteiger partial charge in [-0.3, -0.25) is 57.9 Å². The highest BCUT2D eigenvalue weighted by molar-refractivity contribution is 6.46. The minimum atomic E-state index is -1.39. The van der Waals surface area contributed by atoms with Crippen molar-refractivity contribution < 1.29 is 71.4 Å². The smallest absolute Gasteiger partial charge is 0.408 e. The van der Waals surface area contributed by atoms with Crippen molar-refractivity contribution in [3.63, 3.8) is 0 Å². The maximum absolute atomic E-state index is 13.7. The number of Topliss-reactive ketones (excluding diaryl/α,β-unsaturated/α-hetero) is 4. The summed E-state index contributed by atoms with van der Waals surface area (Å²) in [5.41, 5.74) is -0.240. The summed E-state index contributed by atoms with van der Waals surface area (Å²) >= 11 is 0. The third-order valence-electron chi connectivity index (χ3n) is 14.9. The largest absolute Gasteiger partial charge is 0.445 e. The van der Waals surface area contributed by atoms with Gasteiger partial charge in [0.05, 0.1) is 17.8 Å². The lowest BCUT2D eigenvalue weighted by Crippen LogP contribution is -2.59. The molecule has 2 aliphatic heterocycles. The number of halogens is 1. The fourth-order valence-corrected chi connectivity index (χ4v) is 9.94. The van der Waals surface area contributed by atoms with Crippen molar-refractivity contribution in [1.29, 1.82) is 0 Å². The standard InChI is InChI=1S/C33H42FN5O7.C33H43N5O7/c1-19(2)16-25(38-31(44)28(33(3,4)5)39-32(45)46-18-23-8-6-7-14-35-23)30(43)37-24(17-21-13-15-36-29(21)42)27(41)26(40)20-9-11-22(34)12-10-20;1-20(2)17-25(37-31(43)28(33(3,4)5)38-32(44)45-19-21-11-14-34-15-12-21)30(42)36-24(18-23-13-16-35-29(23)41)27(40)26(39)22-9-7-6-8-10-22/h6-12,14,19,21,24-25,28H,13,15-18H2,1-5H3,(H,36,42)(H,37,43)(H,38,44)(H,39,45);6-12,14-15,20,23-25,28H,13,16-19H2,1-5H3,(H,35,41)(H,36,42)(H,37,43)(H,38,44)/t21?,24?,25?,28-;23?,24?,25?,28-/m11/s1. The third-order valence-corrected chi connectivity index (χ3v) is 14.9. The predicted octanol–water partition coefficient (Wildman–Crippen LogP) is 5.57. The summed E-state index contributed by atoms with van der Waals surface area (Å²) in [5.74, 6) is -8.73. The van der Waals surface area contributed by atoms with E-state index in [0.29, 0.717) is 31.6 Å². The minimum Gasteiger partial charge on any atom is -0.445 e. The SMILES string of the molecule is CC(C)CC(NC(=O)[C@@H](NC(=O)OCc1ccccn1)C(C)(C)C)C(=O)NC(CC1CCNC1=O)C(=O)C(=O)c1ccc(F)cc1.CC(C)CC(NC(=O)[C@@H](NC(=O)OCc1ccncc1)C(C)(C)C)C(=O)NC(CC1CCNC1=O)C(=O)C(=O)c1ccccc1. The average molecular weight is 1260 g/mol. The van der Waals surface area contributed by atoms with Crippen LogP contribution >= 0.6 is 0 Å². The van der Waals surface area contributed by atoms with E-state index in [0.717, 1.165) is 17.7 Å². The Labute approximate surface area is 529 Å². The summed E-state index contributed by atoms with van der Waals surface area (Å²) < 4.78 is 24.0. The molecule has 91 heavy (non-hydrogen) atoms. The van der Waals surface area contributed by atoms with E-state index < -0.39 is 124 Å². The van der Waals surface area contributed by atoms with E-state index in [1.165, 1.54) is 24.3 Å². The Kier molecular flexibility index (Phi) is 27.1. The molecule has 490 valence electrons. The van der Waals surface area contributed by atoms with E-state index >= 15 is 0 Å². The number of carbonyl (C=O) groups excluding carboxylic acids is 12. The lowest BCUT2D eigenvalue weighted by molar-refractivity contribution is -0.133. The molecule has 4 heterocycles. The first-order valence-electron chi connectivity index (χ1n) is 30.3. The van der Waals surface area contributed by atoms with Gasteiger partial charge in [0.2, 0.25) is 58.6 Å². The van der Waals surface area contributed by atoms with E-state index in [1.54, 1.807) is 109 Å². The molecule has 6 unspecified atom stereocenters. The van der Waals surface area contributed by atoms with Gasteiger partial charge in [0.1, 0.15) is 43.2 Å². The number of hydrogen-bond acceptors (Lipinski definition) is 16. The molecule has 25 heteroatoms. The van der Waals surface area contributed by atoms with Crippen LogP contribution < -0.4 is 42.5 Å². The molecule has 0 saturated carbocycles. The molecule has 6 rings (SSSR count). The summed E-state index contributed by atoms with van der Waals surface area (Å²) in [6.45, 7) is 18.6. The Morgan fingerprint density at radius 2 is 0.934 bits per heavy atom. The Morgan fingerprint density at radius 1 is 0.516 bits per heavy atom. The second-order valence-corrected chi connectivity index (χ2v) is 25.5. The lowest BCUT2D eigenvalue weighted by atomic mass is 9.86. The van der Waals surface area contributed by atoms with Gasteiger partial charge in [-0.25, -0.2) is 14.0 Å². The van der Waals surface area contributed by atoms with Crippen LogP contribution in [-0.2, 0) is 61.0 Å². The van der Waals surface area contributed by atoms with Gasteiger partial charge in [-0.15, -0.1) is 0 Å². The normalized spacial score (nSPS) is 16.5. The van der Waals surface area contributed by atoms with Crippen LogP contribution in [0.25, 0.3) is 0 Å². The van der Waals surface area contributed by atoms with E-state index in [4.69, 9.17) is 9.47 Å². The fourth-order valence-electron chi connectivity index (χ4n) is 9.94. The molecule has 0 aliphatic carbocycles. The molecule has 8 N–H and O–H groups in total. The second kappa shape index (κ2) is 34.1. The Hall–Kier alpha value is -9.29. The van der Waals surface area contributed by atoms with Crippen LogP contribution in [0.3, 0.4) is 0 Å². The second-order valence-electron chi connectivity index (χ2n) is 25.5. The van der Waals surface area contributed by atoms with E-state index in [1.807, 2.05) is 27.7 Å². The minimum absolute atomic E-state index is 0.0264. The maximum atomic E-state index is 13.7. The summed E-state index contributed by atoms with van der Waals surface area (Å²) in [7, 11) is 0. The van der Waals surface area contributed by atoms with Gasteiger partial charge in [-0.2, -0.15) is 0 Å². The van der Waals surface area contributed by atoms with Crippen molar-refractivity contribution in [2.45, 2.75) is 157 Å². The van der Waals surface area contributed by atoms with Gasteiger partial charge in [0, 0.05) is 54.6 Å². The molecule has 4 aromatic rings. The van der Waals surface area contributed by atoms with E-state index in [9.17, 15) is 61.9 Å². The van der Waals surface area contributed by atoms with Crippen molar-refractivity contribution in [1.82, 2.24) is 52.5 Å². The highest BCUT2D eigenvalue weighted by atomic mass is 19.1. The summed E-state index contributed by atoms with van der Waals surface area (Å²) in [5, 5.41) is 21.3. The highest BCUT2D eigenvalue weighted by Crippen LogP contribution is 2.24. The average Bonchev–Trinajstić information content (AvgIpc) is 2.55. The molecule has 2 aromatic heterocycles. The van der Waals surface area contributed by atoms with Gasteiger partial charge < -0.3 is 52.0 Å². The van der Waals surface area contributed by atoms with Crippen molar-refractivity contribution in [3.8, 4) is 0 Å². The first kappa shape index (κ1) is 72.5. The van der Waals surface area contributed by atoms with Crippen molar-refractivity contribution in [2.24, 2.45) is 34.5 Å². The number of benzene rings is 2. The number of carbonyl (C=O) groups is 12. The zero-order valence-corrected chi connectivity index (χ0v) is 53.1. The molecule has 2 aromatic carbocycles. The molecule has 0 bridgehead atoms. The van der Waals surface area contributed by atoms with Crippen LogP contribution in [0, 0.1) is 40.3 Å². The Balaban J connectivity index is 0.000000331. The quantitative estimate of drug-likeness (QED) is 0.0254. The number of nitrogens with zero attached hydrogens (tertiary/aromatic N) is 2. The van der Waals surface area contributed by atoms with Crippen LogP contribution in [-0.4, -0.2) is 130 Å². The topological polar surface area (TPSA) is 345 Å². The molecular formula is C66H85FN10O14. The first-order chi connectivity index (χ1) is 42.9. The van der Waals surface area contributed by atoms with Gasteiger partial charge in [-0.1, -0.05) is 106 Å². The Morgan fingerprint density at radius 3 is 1.33 bits per heavy atom. The number of rotatable bonds is 28. The van der Waals surface area contributed by atoms with Gasteiger partial charge in [0.15, 0.2) is 0 Å². The van der Waals surface area contributed by atoms with Gasteiger partial charge in [0.25, 0.3) is 0 Å². The molecule has 8 atom stereocenters. The molecule has 0 radical (unpaired) electrons. The lowest BCUT2D eigenvalue weighted by Gasteiger charge is -2.32. The predicted molar refractivity (Wildman–Crippen MR) is 331 cm³/mol. The number of alkyl carbamates (subject to hydrolysis) is 2. The van der Waals surface area contributed by atoms with Crippen molar-refractivity contribution in [2.75, 3.05) is 13.1 Å². The van der Waals surface area contributed by atoms with Crippen LogP contribution in [0.15, 0.2) is 104 Å². The maximum Gasteiger partial charge on any atom is 0.408 e. The monoisotopic (exact) mass is 1260 g/mol. The number of ether oxygens (including phenoxy) is 2. The van der Waals surface area contributed by atoms with Crippen LogP contribution in [0.4, 0.5) is 14.0 Å². The number of pyridine rings is 2. The van der Waals surface area contributed by atoms with E-state index in [-0.39, 0.29) is 73.7 Å². The number of ketones is 4. The molecule has 24 nitrogen and oxygen atoms in total. The third kappa shape index (κ3) is 23.2. The summed E-state index contributed by atoms with van der Waals surface area (Å²) in [6, 6.07) is 13.8. The van der Waals surface area contributed by atoms with Crippen LogP contribution in [0.1, 0.15) is 140 Å². The molecule has 2 saturated heterocycles. The van der Waals surface area contributed by atoms with E-state index in [2.05, 4.69) is 52.5 Å². The number of aromatic nitrogens is 2. The molecular weight excluding hydrogens is 1180 g/mol. The van der Waals surface area contributed by atoms with Crippen LogP contribution in [0.5, 0.6) is 0 Å². The number of amides is 8. The molecule has 0 spiro atoms. The van der Waals surface area contributed by atoms with Crippen molar-refractivity contribution in [3.05, 3.63) is 132 Å². The first-order valence-corrected chi connectivity index (χ1v) is 30.3. The van der Waals surface area contributed by atoms with Gasteiger partial charge >= 0.3 is 12.2 Å². The van der Waals surface area contributed by atoms with Crippen molar-refractivity contribution >= 4 is 70.8 Å². The summed E-state index contributed by atoms with van der Waals surface area (Å²) in [4.78, 5) is 165. The molecule has 8 amide bonds. The summed E-state index contributed by atoms with van der Waals surface area (Å²) in [6.07, 6.45) is 4.06. The molecule has 2 fully saturated rings. The number of nitrogens with one attached hydrogen (secondary N) is 8. The van der Waals surface area contributed by atoms with Crippen LogP contribution in [0.2, 0.25) is 0 Å². The zero-order valence-electron chi connectivity index (χ0n) is 53.1. The fraction of sp³-hybridized carbons (Fsp3) is 0.485. The Bertz CT molecular complexity index is 3190. The number of hydrogen-bond donors (Lipinski definition) is 8. The molecule has 2 aliphatic rings.